The lowest BCUT2D eigenvalue weighted by molar-refractivity contribution is 0.210. The van der Waals surface area contributed by atoms with Crippen molar-refractivity contribution in [3.8, 4) is 5.75 Å². The molecule has 0 spiro atoms. The van der Waals surface area contributed by atoms with Crippen molar-refractivity contribution in [3.63, 3.8) is 0 Å². The number of nitrogens with two attached hydrogens (primary N) is 1. The third-order valence-electron chi connectivity index (χ3n) is 2.84. The first kappa shape index (κ1) is 11.3. The van der Waals surface area contributed by atoms with E-state index < -0.39 is 0 Å². The first-order valence-electron chi connectivity index (χ1n) is 5.47. The summed E-state index contributed by atoms with van der Waals surface area (Å²) in [5.74, 6) is 0.716. The van der Waals surface area contributed by atoms with Crippen LogP contribution in [-0.2, 0) is 0 Å². The molecule has 86 valence electrons. The number of hydrogen-bond donors (Lipinski definition) is 2. The molecule has 0 aliphatic heterocycles. The molecule has 0 bridgehead atoms. The number of halogens is 1. The minimum absolute atomic E-state index is 0.0225. The maximum Gasteiger partial charge on any atom is 0.138 e. The monoisotopic (exact) mass is 238 g/mol. The van der Waals surface area contributed by atoms with Gasteiger partial charge in [0.1, 0.15) is 11.6 Å². The number of nitrogen functional groups attached to an aromatic ring is 1. The predicted octanol–water partition coefficient (Wildman–Crippen LogP) is 2.95. The molecule has 0 radical (unpaired) electrons. The fourth-order valence-electron chi connectivity index (χ4n) is 1.95. The molecule has 0 unspecified atom stereocenters. The summed E-state index contributed by atoms with van der Waals surface area (Å²) in [6, 6.07) is 5.23. The molecule has 0 saturated heterocycles. The lowest BCUT2D eigenvalue weighted by Crippen LogP contribution is -2.13. The first-order chi connectivity index (χ1) is 7.66. The maximum absolute atomic E-state index is 7.30. The van der Waals surface area contributed by atoms with Crippen molar-refractivity contribution in [2.75, 3.05) is 0 Å². The normalized spacial score (nSPS) is 16.3. The highest BCUT2D eigenvalue weighted by Gasteiger charge is 2.17. The van der Waals surface area contributed by atoms with E-state index in [4.69, 9.17) is 27.5 Å². The van der Waals surface area contributed by atoms with Gasteiger partial charge in [0.2, 0.25) is 0 Å². The highest BCUT2D eigenvalue weighted by atomic mass is 35.5. The van der Waals surface area contributed by atoms with Crippen molar-refractivity contribution in [2.24, 2.45) is 5.73 Å². The topological polar surface area (TPSA) is 59.1 Å². The lowest BCUT2D eigenvalue weighted by atomic mass is 10.2. The zero-order chi connectivity index (χ0) is 11.5. The van der Waals surface area contributed by atoms with Gasteiger partial charge in [-0.3, -0.25) is 5.41 Å². The summed E-state index contributed by atoms with van der Waals surface area (Å²) >= 11 is 6.07. The minimum atomic E-state index is 0.0225. The van der Waals surface area contributed by atoms with Gasteiger partial charge in [0.15, 0.2) is 0 Å². The van der Waals surface area contributed by atoms with Gasteiger partial charge < -0.3 is 10.5 Å². The molecule has 1 fully saturated rings. The second-order valence-corrected chi connectivity index (χ2v) is 4.49. The Labute approximate surface area is 100 Å². The molecule has 3 nitrogen and oxygen atoms in total. The molecule has 1 aromatic carbocycles. The third-order valence-corrected chi connectivity index (χ3v) is 3.13. The summed E-state index contributed by atoms with van der Waals surface area (Å²) in [5.41, 5.74) is 6.01. The first-order valence-corrected chi connectivity index (χ1v) is 5.85. The van der Waals surface area contributed by atoms with Crippen LogP contribution in [0.15, 0.2) is 18.2 Å². The molecule has 1 aliphatic carbocycles. The van der Waals surface area contributed by atoms with Crippen molar-refractivity contribution < 1.29 is 4.74 Å². The van der Waals surface area contributed by atoms with Gasteiger partial charge >= 0.3 is 0 Å². The van der Waals surface area contributed by atoms with Gasteiger partial charge in [-0.2, -0.15) is 0 Å². The van der Waals surface area contributed by atoms with Crippen molar-refractivity contribution >= 4 is 17.4 Å². The summed E-state index contributed by atoms with van der Waals surface area (Å²) in [5, 5.41) is 7.83. The Balaban J connectivity index is 2.12. The minimum Gasteiger partial charge on any atom is -0.489 e. The molecule has 1 saturated carbocycles. The highest BCUT2D eigenvalue weighted by Crippen LogP contribution is 2.30. The van der Waals surface area contributed by atoms with Crippen LogP contribution in [0.25, 0.3) is 0 Å². The lowest BCUT2D eigenvalue weighted by Gasteiger charge is -2.14. The molecule has 2 rings (SSSR count). The molecular weight excluding hydrogens is 224 g/mol. The van der Waals surface area contributed by atoms with Crippen LogP contribution in [-0.4, -0.2) is 11.9 Å². The number of rotatable bonds is 3. The second-order valence-electron chi connectivity index (χ2n) is 4.08. The SMILES string of the molecule is N=C(N)c1ccc(OC2CCCC2)c(Cl)c1. The van der Waals surface area contributed by atoms with E-state index in [-0.39, 0.29) is 5.84 Å². The Hall–Kier alpha value is -1.22. The number of nitrogens with one attached hydrogen (secondary N) is 1. The van der Waals surface area contributed by atoms with Crippen molar-refractivity contribution in [1.29, 1.82) is 5.41 Å². The van der Waals surface area contributed by atoms with Gasteiger partial charge in [0.05, 0.1) is 11.1 Å². The Bertz CT molecular complexity index is 400. The van der Waals surface area contributed by atoms with E-state index in [0.717, 1.165) is 12.8 Å². The van der Waals surface area contributed by atoms with Crippen molar-refractivity contribution in [2.45, 2.75) is 31.8 Å². The molecule has 3 N–H and O–H groups in total. The van der Waals surface area contributed by atoms with E-state index >= 15 is 0 Å². The average Bonchev–Trinajstić information content (AvgIpc) is 2.73. The van der Waals surface area contributed by atoms with Crippen LogP contribution in [0.4, 0.5) is 0 Å². The number of ether oxygens (including phenoxy) is 1. The third kappa shape index (κ3) is 2.47. The molecule has 1 aliphatic rings. The average molecular weight is 239 g/mol. The van der Waals surface area contributed by atoms with Gasteiger partial charge in [0, 0.05) is 5.56 Å². The Morgan fingerprint density at radius 2 is 2.06 bits per heavy atom. The zero-order valence-corrected chi connectivity index (χ0v) is 9.76. The zero-order valence-electron chi connectivity index (χ0n) is 9.00. The van der Waals surface area contributed by atoms with Gasteiger partial charge in [0.25, 0.3) is 0 Å². The second kappa shape index (κ2) is 4.74. The molecule has 4 heteroatoms. The highest BCUT2D eigenvalue weighted by molar-refractivity contribution is 6.32. The van der Waals surface area contributed by atoms with Crippen LogP contribution >= 0.6 is 11.6 Å². The summed E-state index contributed by atoms with van der Waals surface area (Å²) in [4.78, 5) is 0. The van der Waals surface area contributed by atoms with Gasteiger partial charge in [-0.25, -0.2) is 0 Å². The van der Waals surface area contributed by atoms with Crippen LogP contribution < -0.4 is 10.5 Å². The van der Waals surface area contributed by atoms with E-state index in [1.807, 2.05) is 0 Å². The standard InChI is InChI=1S/C12H15ClN2O/c13-10-7-8(12(14)15)5-6-11(10)16-9-3-1-2-4-9/h5-7,9H,1-4H2,(H3,14,15). The molecule has 0 aromatic heterocycles. The molecule has 0 atom stereocenters. The number of benzene rings is 1. The molecule has 0 amide bonds. The van der Waals surface area contributed by atoms with E-state index in [1.54, 1.807) is 18.2 Å². The molecule has 16 heavy (non-hydrogen) atoms. The Morgan fingerprint density at radius 3 is 2.62 bits per heavy atom. The van der Waals surface area contributed by atoms with Gasteiger partial charge in [-0.05, 0) is 43.9 Å². The largest absolute Gasteiger partial charge is 0.489 e. The summed E-state index contributed by atoms with van der Waals surface area (Å²) < 4.78 is 5.80. The summed E-state index contributed by atoms with van der Waals surface area (Å²) in [6.07, 6.45) is 4.96. The Kier molecular flexibility index (Phi) is 3.34. The van der Waals surface area contributed by atoms with E-state index in [2.05, 4.69) is 0 Å². The number of hydrogen-bond acceptors (Lipinski definition) is 2. The van der Waals surface area contributed by atoms with Gasteiger partial charge in [-0.1, -0.05) is 11.6 Å². The molecule has 0 heterocycles. The van der Waals surface area contributed by atoms with Crippen molar-refractivity contribution in [1.82, 2.24) is 0 Å². The van der Waals surface area contributed by atoms with Crippen LogP contribution in [0.1, 0.15) is 31.2 Å². The van der Waals surface area contributed by atoms with Crippen LogP contribution in [0.3, 0.4) is 0 Å². The van der Waals surface area contributed by atoms with Crippen LogP contribution in [0.5, 0.6) is 5.75 Å². The maximum atomic E-state index is 7.30. The van der Waals surface area contributed by atoms with Crippen LogP contribution in [0, 0.1) is 5.41 Å². The number of amidine groups is 1. The Morgan fingerprint density at radius 1 is 1.38 bits per heavy atom. The summed E-state index contributed by atoms with van der Waals surface area (Å²) in [7, 11) is 0. The smallest absolute Gasteiger partial charge is 0.138 e. The fourth-order valence-corrected chi connectivity index (χ4v) is 2.17. The predicted molar refractivity (Wildman–Crippen MR) is 65.4 cm³/mol. The summed E-state index contributed by atoms with van der Waals surface area (Å²) in [6.45, 7) is 0. The fraction of sp³-hybridized carbons (Fsp3) is 0.417. The van der Waals surface area contributed by atoms with E-state index in [1.165, 1.54) is 12.8 Å². The van der Waals surface area contributed by atoms with Crippen LogP contribution in [0.2, 0.25) is 5.02 Å². The van der Waals surface area contributed by atoms with E-state index in [9.17, 15) is 0 Å². The van der Waals surface area contributed by atoms with Crippen molar-refractivity contribution in [3.05, 3.63) is 28.8 Å². The quantitative estimate of drug-likeness (QED) is 0.628. The van der Waals surface area contributed by atoms with Gasteiger partial charge in [-0.15, -0.1) is 0 Å². The molecule has 1 aromatic rings. The molecular formula is C12H15ClN2O. The van der Waals surface area contributed by atoms with E-state index in [0.29, 0.717) is 22.4 Å².